The number of carbonyl (C=O) groups excluding carboxylic acids is 5. The first-order chi connectivity index (χ1) is 20.6. The van der Waals surface area contributed by atoms with E-state index in [9.17, 15) is 41.5 Å². The van der Waals surface area contributed by atoms with Crippen molar-refractivity contribution in [2.75, 3.05) is 13.2 Å². The standard InChI is InChI=1S/C28H36F6N4O6/c1-2-44-25(42)19(29)12-16(11-15-8-9-35-22(15)39)36-23(40)21-18-7-6-17(13-27(18,30)31)38(21)24(41)20(10-14-4-3-5-14)37-26(43)28(32,33)34/h12,14-18,20-21H,2-11,13H2,1H3,(H,35,39)(H,36,40)(H,37,43)/b19-12+/t15-,16-,17+,18+,20+,21+/m1/s1. The molecule has 6 atom stereocenters. The molecule has 2 aliphatic carbocycles. The molecule has 0 radical (unpaired) electrons. The summed E-state index contributed by atoms with van der Waals surface area (Å²) < 4.78 is 89.1. The van der Waals surface area contributed by atoms with E-state index in [1.807, 2.05) is 0 Å². The lowest BCUT2D eigenvalue weighted by Gasteiger charge is -2.54. The normalized spacial score (nSPS) is 28.0. The summed E-state index contributed by atoms with van der Waals surface area (Å²) >= 11 is 0. The van der Waals surface area contributed by atoms with E-state index in [4.69, 9.17) is 0 Å². The fraction of sp³-hybridized carbons (Fsp3) is 0.750. The molecule has 3 heterocycles. The summed E-state index contributed by atoms with van der Waals surface area (Å²) in [5.41, 5.74) is 0. The highest BCUT2D eigenvalue weighted by molar-refractivity contribution is 5.94. The molecule has 44 heavy (non-hydrogen) atoms. The maximum atomic E-state index is 15.2. The topological polar surface area (TPSA) is 134 Å². The number of piperidine rings is 2. The second kappa shape index (κ2) is 13.3. The number of nitrogens with zero attached hydrogens (tertiary/aromatic N) is 1. The van der Waals surface area contributed by atoms with Crippen molar-refractivity contribution in [3.63, 3.8) is 0 Å². The minimum atomic E-state index is -5.31. The lowest BCUT2D eigenvalue weighted by molar-refractivity contribution is -0.196. The van der Waals surface area contributed by atoms with Crippen LogP contribution in [0.3, 0.4) is 0 Å². The molecular formula is C28H36F6N4O6. The molecule has 0 aromatic heterocycles. The van der Waals surface area contributed by atoms with E-state index in [0.29, 0.717) is 31.9 Å². The van der Waals surface area contributed by atoms with E-state index in [1.165, 1.54) is 6.92 Å². The molecular weight excluding hydrogens is 602 g/mol. The van der Waals surface area contributed by atoms with Crippen LogP contribution in [-0.4, -0.2) is 83.9 Å². The third-order valence-corrected chi connectivity index (χ3v) is 8.96. The first-order valence-corrected chi connectivity index (χ1v) is 14.8. The fourth-order valence-corrected chi connectivity index (χ4v) is 6.59. The van der Waals surface area contributed by atoms with Crippen molar-refractivity contribution in [2.24, 2.45) is 17.8 Å². The van der Waals surface area contributed by atoms with Crippen molar-refractivity contribution in [3.8, 4) is 0 Å². The van der Waals surface area contributed by atoms with Crippen LogP contribution in [0.4, 0.5) is 26.3 Å². The van der Waals surface area contributed by atoms with Gasteiger partial charge in [-0.15, -0.1) is 0 Å². The average Bonchev–Trinajstić information content (AvgIpc) is 3.31. The zero-order chi connectivity index (χ0) is 32.4. The highest BCUT2D eigenvalue weighted by Gasteiger charge is 2.61. The van der Waals surface area contributed by atoms with Crippen molar-refractivity contribution in [3.05, 3.63) is 11.9 Å². The minimum Gasteiger partial charge on any atom is -0.461 e. The molecule has 16 heteroatoms. The molecule has 2 bridgehead atoms. The number of nitrogens with one attached hydrogen (secondary N) is 3. The van der Waals surface area contributed by atoms with E-state index in [0.717, 1.165) is 11.3 Å². The number of esters is 1. The smallest absolute Gasteiger partial charge is 0.461 e. The Hall–Kier alpha value is -3.33. The Labute approximate surface area is 249 Å². The third-order valence-electron chi connectivity index (χ3n) is 8.96. The zero-order valence-corrected chi connectivity index (χ0v) is 24.1. The Morgan fingerprint density at radius 2 is 1.80 bits per heavy atom. The van der Waals surface area contributed by atoms with Crippen LogP contribution >= 0.6 is 0 Å². The first-order valence-electron chi connectivity index (χ1n) is 14.8. The number of alkyl halides is 5. The minimum absolute atomic E-state index is 0.0577. The maximum Gasteiger partial charge on any atom is 0.471 e. The molecule has 5 rings (SSSR count). The van der Waals surface area contributed by atoms with Crippen molar-refractivity contribution >= 4 is 29.6 Å². The molecule has 2 saturated carbocycles. The summed E-state index contributed by atoms with van der Waals surface area (Å²) in [5.74, 6) is -13.7. The van der Waals surface area contributed by atoms with Gasteiger partial charge in [0.05, 0.1) is 18.6 Å². The van der Waals surface area contributed by atoms with Crippen molar-refractivity contribution in [1.82, 2.24) is 20.9 Å². The van der Waals surface area contributed by atoms with Crippen LogP contribution in [-0.2, 0) is 28.7 Å². The van der Waals surface area contributed by atoms with Crippen LogP contribution < -0.4 is 16.0 Å². The molecule has 0 aromatic rings. The molecule has 3 saturated heterocycles. The summed E-state index contributed by atoms with van der Waals surface area (Å²) in [6.45, 7) is 1.58. The van der Waals surface area contributed by atoms with Gasteiger partial charge in [-0.25, -0.2) is 13.6 Å². The van der Waals surface area contributed by atoms with Gasteiger partial charge in [0.2, 0.25) is 23.5 Å². The molecule has 3 aliphatic heterocycles. The van der Waals surface area contributed by atoms with Crippen LogP contribution in [0.2, 0.25) is 0 Å². The summed E-state index contributed by atoms with van der Waals surface area (Å²) in [5, 5.41) is 6.69. The molecule has 246 valence electrons. The van der Waals surface area contributed by atoms with E-state index in [1.54, 1.807) is 5.32 Å². The SMILES string of the molecule is CCOC(=O)/C(F)=C\[C@@H](C[C@H]1CCNC1=O)NC(=O)[C@@H]1[C@@H]2CC[C@@H](CC2(F)F)N1C(=O)[C@H](CC1CCC1)NC(=O)C(F)(F)F. The number of rotatable bonds is 11. The van der Waals surface area contributed by atoms with Crippen molar-refractivity contribution in [1.29, 1.82) is 0 Å². The Morgan fingerprint density at radius 3 is 2.34 bits per heavy atom. The number of halogens is 6. The number of amides is 4. The number of ether oxygens (including phenoxy) is 1. The van der Waals surface area contributed by atoms with Gasteiger partial charge in [-0.1, -0.05) is 19.3 Å². The largest absolute Gasteiger partial charge is 0.471 e. The quantitative estimate of drug-likeness (QED) is 0.181. The van der Waals surface area contributed by atoms with Gasteiger partial charge < -0.3 is 25.6 Å². The van der Waals surface area contributed by atoms with Gasteiger partial charge >= 0.3 is 18.1 Å². The number of hydrogen-bond donors (Lipinski definition) is 3. The second-order valence-electron chi connectivity index (χ2n) is 11.9. The summed E-state index contributed by atoms with van der Waals surface area (Å²) in [6, 6.07) is -6.15. The van der Waals surface area contributed by atoms with Gasteiger partial charge in [0.1, 0.15) is 12.1 Å². The first kappa shape index (κ1) is 33.6. The Morgan fingerprint density at radius 1 is 1.09 bits per heavy atom. The lowest BCUT2D eigenvalue weighted by Crippen LogP contribution is -2.71. The summed E-state index contributed by atoms with van der Waals surface area (Å²) in [6.07, 6.45) is -3.60. The number of fused-ring (bicyclic) bond motifs is 3. The average molecular weight is 639 g/mol. The molecule has 5 fully saturated rings. The monoisotopic (exact) mass is 638 g/mol. The van der Waals surface area contributed by atoms with Crippen LogP contribution in [0, 0.1) is 17.8 Å². The van der Waals surface area contributed by atoms with Crippen LogP contribution in [0.15, 0.2) is 11.9 Å². The molecule has 0 unspecified atom stereocenters. The highest BCUT2D eigenvalue weighted by atomic mass is 19.4. The molecule has 0 spiro atoms. The van der Waals surface area contributed by atoms with Crippen LogP contribution in [0.1, 0.15) is 64.7 Å². The molecule has 4 amide bonds. The van der Waals surface area contributed by atoms with Gasteiger partial charge in [0.25, 0.3) is 5.92 Å². The summed E-state index contributed by atoms with van der Waals surface area (Å²) in [4.78, 5) is 64.4. The second-order valence-corrected chi connectivity index (χ2v) is 11.9. The third kappa shape index (κ3) is 7.48. The van der Waals surface area contributed by atoms with E-state index < -0.39 is 89.9 Å². The van der Waals surface area contributed by atoms with Gasteiger partial charge in [0, 0.05) is 24.9 Å². The molecule has 10 nitrogen and oxygen atoms in total. The van der Waals surface area contributed by atoms with Gasteiger partial charge in [0.15, 0.2) is 0 Å². The predicted octanol–water partition coefficient (Wildman–Crippen LogP) is 2.67. The molecule has 5 aliphatic rings. The molecule has 3 N–H and O–H groups in total. The number of hydrogen-bond acceptors (Lipinski definition) is 6. The zero-order valence-electron chi connectivity index (χ0n) is 24.1. The van der Waals surface area contributed by atoms with Crippen LogP contribution in [0.25, 0.3) is 0 Å². The van der Waals surface area contributed by atoms with Crippen molar-refractivity contribution < 1.29 is 55.1 Å². The Bertz CT molecular complexity index is 1180. The highest BCUT2D eigenvalue weighted by Crippen LogP contribution is 2.49. The van der Waals surface area contributed by atoms with E-state index in [2.05, 4.69) is 15.4 Å². The number of carbonyl (C=O) groups is 5. The Balaban J connectivity index is 1.64. The van der Waals surface area contributed by atoms with Crippen LogP contribution in [0.5, 0.6) is 0 Å². The van der Waals surface area contributed by atoms with Gasteiger partial charge in [-0.2, -0.15) is 17.6 Å². The van der Waals surface area contributed by atoms with Gasteiger partial charge in [-0.3, -0.25) is 19.2 Å². The van der Waals surface area contributed by atoms with E-state index >= 15 is 8.78 Å². The van der Waals surface area contributed by atoms with Crippen molar-refractivity contribution in [2.45, 2.75) is 101 Å². The summed E-state index contributed by atoms with van der Waals surface area (Å²) in [7, 11) is 0. The van der Waals surface area contributed by atoms with Gasteiger partial charge in [-0.05, 0) is 51.0 Å². The lowest BCUT2D eigenvalue weighted by atomic mass is 9.71. The predicted molar refractivity (Wildman–Crippen MR) is 140 cm³/mol. The maximum absolute atomic E-state index is 15.2. The fourth-order valence-electron chi connectivity index (χ4n) is 6.59. The van der Waals surface area contributed by atoms with E-state index in [-0.39, 0.29) is 38.2 Å². The Kier molecular flexibility index (Phi) is 10.2. The molecule has 0 aromatic carbocycles.